The molecule has 1 aliphatic rings. The number of aromatic nitrogens is 1. The van der Waals surface area contributed by atoms with Crippen LogP contribution in [0.15, 0.2) is 71.1 Å². The monoisotopic (exact) mass is 510 g/mol. The molecule has 1 amide bonds. The smallest absolute Gasteiger partial charge is 0.298 e. The molecule has 0 unspecified atom stereocenters. The van der Waals surface area contributed by atoms with E-state index < -0.39 is 0 Å². The number of morpholine rings is 1. The Bertz CT molecular complexity index is 1330. The molecule has 7 nitrogen and oxygen atoms in total. The van der Waals surface area contributed by atoms with Crippen molar-refractivity contribution in [1.82, 2.24) is 9.88 Å². The van der Waals surface area contributed by atoms with Crippen LogP contribution in [0.3, 0.4) is 0 Å². The fourth-order valence-corrected chi connectivity index (χ4v) is 4.18. The number of halogens is 2. The Morgan fingerprint density at radius 1 is 1.11 bits per heavy atom. The van der Waals surface area contributed by atoms with Gasteiger partial charge in [0.25, 0.3) is 11.9 Å². The molecule has 2 heterocycles. The van der Waals surface area contributed by atoms with Crippen molar-refractivity contribution in [2.45, 2.75) is 6.10 Å². The minimum Gasteiger partial charge on any atom is -0.423 e. The Morgan fingerprint density at radius 3 is 2.50 bits per heavy atom. The second-order valence-corrected chi connectivity index (χ2v) is 8.85. The van der Waals surface area contributed by atoms with Gasteiger partial charge in [-0.25, -0.2) is 4.39 Å². The molecule has 5 rings (SSSR count). The van der Waals surface area contributed by atoms with Gasteiger partial charge in [-0.3, -0.25) is 4.79 Å². The fraction of sp³-hybridized carbons (Fsp3) is 0.259. The Labute approximate surface area is 215 Å². The number of amides is 1. The number of hydrogen-bond acceptors (Lipinski definition) is 6. The Balaban J connectivity index is 0.00000304. The van der Waals surface area contributed by atoms with E-state index in [0.29, 0.717) is 34.9 Å². The van der Waals surface area contributed by atoms with Gasteiger partial charge in [-0.05, 0) is 60.6 Å². The number of nitrogens with zero attached hydrogens (tertiary/aromatic N) is 3. The summed E-state index contributed by atoms with van der Waals surface area (Å²) >= 11 is 0. The molecule has 0 saturated carbocycles. The number of anilines is 2. The maximum absolute atomic E-state index is 13.2. The van der Waals surface area contributed by atoms with E-state index >= 15 is 0 Å². The van der Waals surface area contributed by atoms with Crippen molar-refractivity contribution in [3.63, 3.8) is 0 Å². The maximum Gasteiger partial charge on any atom is 0.298 e. The lowest BCUT2D eigenvalue weighted by molar-refractivity contribution is -0.0146. The average Bonchev–Trinajstić information content (AvgIpc) is 3.28. The molecule has 0 aliphatic carbocycles. The van der Waals surface area contributed by atoms with E-state index in [1.54, 1.807) is 42.5 Å². The van der Waals surface area contributed by atoms with E-state index in [1.807, 2.05) is 24.1 Å². The molecular weight excluding hydrogens is 483 g/mol. The Kier molecular flexibility index (Phi) is 7.88. The first kappa shape index (κ1) is 25.6. The summed E-state index contributed by atoms with van der Waals surface area (Å²) in [7, 11) is 4.02. The number of nitrogens with one attached hydrogen (secondary N) is 1. The van der Waals surface area contributed by atoms with Gasteiger partial charge in [-0.2, -0.15) is 4.98 Å². The normalized spacial score (nSPS) is 15.9. The van der Waals surface area contributed by atoms with Crippen molar-refractivity contribution < 1.29 is 18.3 Å². The molecule has 0 bridgehead atoms. The Morgan fingerprint density at radius 2 is 1.81 bits per heavy atom. The summed E-state index contributed by atoms with van der Waals surface area (Å²) in [4.78, 5) is 21.6. The molecule has 1 fully saturated rings. The zero-order valence-electron chi connectivity index (χ0n) is 20.1. The van der Waals surface area contributed by atoms with E-state index in [4.69, 9.17) is 9.15 Å². The number of carbonyl (C=O) groups is 1. The first-order valence-electron chi connectivity index (χ1n) is 11.5. The number of carbonyl (C=O) groups excluding carboxylic acids is 1. The van der Waals surface area contributed by atoms with Gasteiger partial charge in [0.2, 0.25) is 0 Å². The number of likely N-dealkylation sites (N-methyl/N-ethyl adjacent to an activating group) is 2. The van der Waals surface area contributed by atoms with Gasteiger partial charge in [0, 0.05) is 37.9 Å². The highest BCUT2D eigenvalue weighted by molar-refractivity contribution is 6.05. The lowest BCUT2D eigenvalue weighted by Gasteiger charge is -2.32. The van der Waals surface area contributed by atoms with Gasteiger partial charge in [0.15, 0.2) is 5.58 Å². The summed E-state index contributed by atoms with van der Waals surface area (Å²) in [6, 6.07) is 19.4. The molecule has 36 heavy (non-hydrogen) atoms. The molecule has 1 aromatic heterocycles. The van der Waals surface area contributed by atoms with Crippen molar-refractivity contribution in [2.24, 2.45) is 0 Å². The van der Waals surface area contributed by atoms with Crippen LogP contribution in [-0.2, 0) is 4.74 Å². The molecule has 0 radical (unpaired) electrons. The predicted molar refractivity (Wildman–Crippen MR) is 142 cm³/mol. The summed E-state index contributed by atoms with van der Waals surface area (Å²) in [5.41, 5.74) is 4.26. The quantitative estimate of drug-likeness (QED) is 0.390. The molecule has 1 saturated heterocycles. The van der Waals surface area contributed by atoms with Gasteiger partial charge in [0.05, 0.1) is 12.7 Å². The zero-order chi connectivity index (χ0) is 24.4. The summed E-state index contributed by atoms with van der Waals surface area (Å²) in [5, 5.41) is 2.92. The Hall–Kier alpha value is -3.46. The third-order valence-corrected chi connectivity index (χ3v) is 6.10. The van der Waals surface area contributed by atoms with Gasteiger partial charge >= 0.3 is 0 Å². The maximum atomic E-state index is 13.2. The molecule has 1 atom stereocenters. The van der Waals surface area contributed by atoms with E-state index in [-0.39, 0.29) is 30.2 Å². The molecule has 188 valence electrons. The highest BCUT2D eigenvalue weighted by Crippen LogP contribution is 2.25. The molecular formula is C27H28ClFN4O3. The highest BCUT2D eigenvalue weighted by Gasteiger charge is 2.21. The second kappa shape index (κ2) is 11.1. The van der Waals surface area contributed by atoms with Crippen molar-refractivity contribution in [1.29, 1.82) is 0 Å². The topological polar surface area (TPSA) is 70.8 Å². The van der Waals surface area contributed by atoms with E-state index in [1.165, 1.54) is 12.1 Å². The highest BCUT2D eigenvalue weighted by atomic mass is 35.5. The van der Waals surface area contributed by atoms with Crippen molar-refractivity contribution in [3.05, 3.63) is 78.1 Å². The summed E-state index contributed by atoms with van der Waals surface area (Å²) in [5.74, 6) is -0.506. The van der Waals surface area contributed by atoms with Crippen molar-refractivity contribution in [3.8, 4) is 11.1 Å². The lowest BCUT2D eigenvalue weighted by atomic mass is 10.0. The summed E-state index contributed by atoms with van der Waals surface area (Å²) < 4.78 is 24.9. The predicted octanol–water partition coefficient (Wildman–Crippen LogP) is 5.07. The van der Waals surface area contributed by atoms with E-state index in [2.05, 4.69) is 22.2 Å². The van der Waals surface area contributed by atoms with Crippen molar-refractivity contribution >= 4 is 41.1 Å². The third kappa shape index (κ3) is 5.84. The van der Waals surface area contributed by atoms with Crippen LogP contribution in [0.2, 0.25) is 0 Å². The first-order chi connectivity index (χ1) is 16.9. The molecule has 1 N–H and O–H groups in total. The van der Waals surface area contributed by atoms with E-state index in [0.717, 1.165) is 30.8 Å². The molecule has 0 spiro atoms. The van der Waals surface area contributed by atoms with Gasteiger partial charge in [-0.1, -0.05) is 24.3 Å². The number of fused-ring (bicyclic) bond motifs is 1. The second-order valence-electron chi connectivity index (χ2n) is 8.85. The fourth-order valence-electron chi connectivity index (χ4n) is 4.18. The van der Waals surface area contributed by atoms with Crippen molar-refractivity contribution in [2.75, 3.05) is 50.6 Å². The standard InChI is InChI=1S/C27H27FN4O3.ClH/c1-31-13-14-34-23(16-31)17-32(2)27-30-24-15-22(11-12-25(24)35-27)29-26(33)20-5-3-18(4-6-20)19-7-9-21(28)10-8-19;/h3-12,15,23H,13-14,16-17H2,1-2H3,(H,29,33);1H/t23-;/m1./s1. The molecule has 3 aromatic carbocycles. The van der Waals surface area contributed by atoms with Crippen LogP contribution in [0.5, 0.6) is 0 Å². The minimum atomic E-state index is -0.279. The molecule has 4 aromatic rings. The third-order valence-electron chi connectivity index (χ3n) is 6.10. The van der Waals surface area contributed by atoms with Crippen LogP contribution in [-0.4, -0.2) is 62.2 Å². The lowest BCUT2D eigenvalue weighted by Crippen LogP contribution is -2.45. The molecule has 1 aliphatic heterocycles. The van der Waals surface area contributed by atoms with Crippen LogP contribution in [0.4, 0.5) is 16.1 Å². The zero-order valence-corrected chi connectivity index (χ0v) is 20.9. The summed E-state index contributed by atoms with van der Waals surface area (Å²) in [6.07, 6.45) is 0.0954. The number of benzene rings is 3. The van der Waals surface area contributed by atoms with Gasteiger partial charge in [-0.15, -0.1) is 12.4 Å². The van der Waals surface area contributed by atoms with Gasteiger partial charge in [0.1, 0.15) is 11.3 Å². The first-order valence-corrected chi connectivity index (χ1v) is 11.5. The largest absolute Gasteiger partial charge is 0.423 e. The summed E-state index contributed by atoms with van der Waals surface area (Å²) in [6.45, 7) is 3.21. The van der Waals surface area contributed by atoms with Crippen LogP contribution < -0.4 is 10.2 Å². The minimum absolute atomic E-state index is 0. The number of ether oxygens (including phenoxy) is 1. The number of oxazole rings is 1. The van der Waals surface area contributed by atoms with Crippen LogP contribution >= 0.6 is 12.4 Å². The molecule has 9 heteroatoms. The number of rotatable bonds is 6. The number of hydrogen-bond donors (Lipinski definition) is 1. The van der Waals surface area contributed by atoms with Crippen LogP contribution in [0.25, 0.3) is 22.2 Å². The van der Waals surface area contributed by atoms with E-state index in [9.17, 15) is 9.18 Å². The SMILES string of the molecule is CN1CCO[C@@H](CN(C)c2nc3cc(NC(=O)c4ccc(-c5ccc(F)cc5)cc4)ccc3o2)C1.Cl. The van der Waals surface area contributed by atoms with Gasteiger partial charge < -0.3 is 24.3 Å². The average molecular weight is 511 g/mol. The van der Waals surface area contributed by atoms with Crippen LogP contribution in [0, 0.1) is 5.82 Å². The van der Waals surface area contributed by atoms with Crippen LogP contribution in [0.1, 0.15) is 10.4 Å².